The zero-order valence-corrected chi connectivity index (χ0v) is 15.4. The number of fused-ring (bicyclic) bond motifs is 1. The first kappa shape index (κ1) is 17.4. The maximum absolute atomic E-state index is 11.8. The Bertz CT molecular complexity index is 873. The van der Waals surface area contributed by atoms with Crippen LogP contribution < -0.4 is 5.32 Å². The molecule has 1 aromatic carbocycles. The number of rotatable bonds is 6. The number of aromatic nitrogens is 4. The van der Waals surface area contributed by atoms with Gasteiger partial charge in [-0.1, -0.05) is 39.0 Å². The van der Waals surface area contributed by atoms with Crippen LogP contribution in [0.15, 0.2) is 46.6 Å². The van der Waals surface area contributed by atoms with Gasteiger partial charge in [0, 0.05) is 22.2 Å². The lowest BCUT2D eigenvalue weighted by Crippen LogP contribution is -2.17. The van der Waals surface area contributed by atoms with Gasteiger partial charge in [0.1, 0.15) is 11.4 Å². The minimum absolute atomic E-state index is 0.0167. The number of hydrogen-bond donors (Lipinski definition) is 1. The Kier molecular flexibility index (Phi) is 5.33. The van der Waals surface area contributed by atoms with Crippen LogP contribution >= 0.6 is 11.8 Å². The number of hydrogen-bond acceptors (Lipinski definition) is 5. The topological polar surface area (TPSA) is 72.2 Å². The quantitative estimate of drug-likeness (QED) is 0.681. The highest BCUT2D eigenvalue weighted by Gasteiger charge is 2.10. The van der Waals surface area contributed by atoms with Gasteiger partial charge in [0.05, 0.1) is 0 Å². The average Bonchev–Trinajstić information content (AvgIpc) is 3.05. The van der Waals surface area contributed by atoms with E-state index in [9.17, 15) is 4.79 Å². The van der Waals surface area contributed by atoms with Crippen molar-refractivity contribution < 1.29 is 4.79 Å². The van der Waals surface area contributed by atoms with E-state index in [2.05, 4.69) is 33.4 Å². The van der Waals surface area contributed by atoms with Gasteiger partial charge in [0.25, 0.3) is 5.78 Å². The highest BCUT2D eigenvalue weighted by atomic mass is 32.2. The van der Waals surface area contributed by atoms with Gasteiger partial charge >= 0.3 is 0 Å². The summed E-state index contributed by atoms with van der Waals surface area (Å²) in [5.74, 6) is 0.598. The standard InChI is InChI=1S/C18H21N5OS/c1-4-5-14-10-16(23-18(22-14)19-11-20-23)25-15-8-6-13(7-9-15)21-17(24)12(2)3/h6-12H,4-5H2,1-3H3,(H,21,24). The Morgan fingerprint density at radius 1 is 1.28 bits per heavy atom. The van der Waals surface area contributed by atoms with E-state index in [-0.39, 0.29) is 11.8 Å². The second kappa shape index (κ2) is 7.65. The lowest BCUT2D eigenvalue weighted by molar-refractivity contribution is -0.118. The summed E-state index contributed by atoms with van der Waals surface area (Å²) in [5, 5.41) is 8.13. The first-order valence-electron chi connectivity index (χ1n) is 8.35. The largest absolute Gasteiger partial charge is 0.326 e. The highest BCUT2D eigenvalue weighted by Crippen LogP contribution is 2.29. The Labute approximate surface area is 151 Å². The molecule has 0 saturated carbocycles. The van der Waals surface area contributed by atoms with Crippen LogP contribution in [-0.4, -0.2) is 25.5 Å². The predicted molar refractivity (Wildman–Crippen MR) is 98.8 cm³/mol. The van der Waals surface area contributed by atoms with E-state index in [4.69, 9.17) is 0 Å². The smallest absolute Gasteiger partial charge is 0.253 e. The fourth-order valence-corrected chi connectivity index (χ4v) is 3.23. The molecule has 0 fully saturated rings. The molecule has 0 bridgehead atoms. The molecule has 0 atom stereocenters. The monoisotopic (exact) mass is 355 g/mol. The molecular weight excluding hydrogens is 334 g/mol. The van der Waals surface area contributed by atoms with Gasteiger partial charge in [0.2, 0.25) is 5.91 Å². The van der Waals surface area contributed by atoms with Crippen molar-refractivity contribution in [1.29, 1.82) is 0 Å². The molecule has 25 heavy (non-hydrogen) atoms. The van der Waals surface area contributed by atoms with E-state index in [1.807, 2.05) is 38.1 Å². The van der Waals surface area contributed by atoms with E-state index in [1.165, 1.54) is 6.33 Å². The molecule has 0 spiro atoms. The third-order valence-electron chi connectivity index (χ3n) is 3.65. The molecule has 0 aliphatic rings. The van der Waals surface area contributed by atoms with Crippen molar-refractivity contribution in [2.75, 3.05) is 5.32 Å². The first-order chi connectivity index (χ1) is 12.1. The summed E-state index contributed by atoms with van der Waals surface area (Å²) in [4.78, 5) is 21.6. The van der Waals surface area contributed by atoms with E-state index in [0.717, 1.165) is 34.1 Å². The van der Waals surface area contributed by atoms with Gasteiger partial charge < -0.3 is 5.32 Å². The van der Waals surface area contributed by atoms with Crippen LogP contribution in [-0.2, 0) is 11.2 Å². The van der Waals surface area contributed by atoms with Gasteiger partial charge in [0.15, 0.2) is 0 Å². The van der Waals surface area contributed by atoms with E-state index in [1.54, 1.807) is 16.3 Å². The summed E-state index contributed by atoms with van der Waals surface area (Å²) in [6.07, 6.45) is 3.47. The number of nitrogens with zero attached hydrogens (tertiary/aromatic N) is 4. The molecule has 0 aliphatic heterocycles. The molecule has 7 heteroatoms. The SMILES string of the molecule is CCCc1cc(Sc2ccc(NC(=O)C(C)C)cc2)n2ncnc2n1. The van der Waals surface area contributed by atoms with Gasteiger partial charge in [-0.3, -0.25) is 4.79 Å². The Morgan fingerprint density at radius 3 is 2.72 bits per heavy atom. The van der Waals surface area contributed by atoms with Crippen molar-refractivity contribution in [2.24, 2.45) is 5.92 Å². The second-order valence-electron chi connectivity index (χ2n) is 6.08. The summed E-state index contributed by atoms with van der Waals surface area (Å²) >= 11 is 1.60. The molecule has 0 radical (unpaired) electrons. The molecule has 0 saturated heterocycles. The normalized spacial score (nSPS) is 11.2. The second-order valence-corrected chi connectivity index (χ2v) is 7.17. The number of aryl methyl sites for hydroxylation is 1. The predicted octanol–water partition coefficient (Wildman–Crippen LogP) is 3.82. The van der Waals surface area contributed by atoms with Crippen LogP contribution in [0.3, 0.4) is 0 Å². The summed E-state index contributed by atoms with van der Waals surface area (Å²) in [6.45, 7) is 5.88. The average molecular weight is 355 g/mol. The molecule has 1 N–H and O–H groups in total. The number of carbonyl (C=O) groups excluding carboxylic acids is 1. The molecular formula is C18H21N5OS. The first-order valence-corrected chi connectivity index (χ1v) is 9.17. The number of carbonyl (C=O) groups is 1. The van der Waals surface area contributed by atoms with Gasteiger partial charge in [-0.05, 0) is 36.8 Å². The molecule has 1 amide bonds. The third kappa shape index (κ3) is 4.17. The lowest BCUT2D eigenvalue weighted by Gasteiger charge is -2.09. The van der Waals surface area contributed by atoms with E-state index in [0.29, 0.717) is 5.78 Å². The van der Waals surface area contributed by atoms with Gasteiger partial charge in [-0.2, -0.15) is 14.6 Å². The Hall–Kier alpha value is -2.41. The molecule has 2 aromatic heterocycles. The fourth-order valence-electron chi connectivity index (χ4n) is 2.30. The van der Waals surface area contributed by atoms with Gasteiger partial charge in [-0.25, -0.2) is 4.98 Å². The van der Waals surface area contributed by atoms with Crippen LogP contribution in [0.1, 0.15) is 32.9 Å². The van der Waals surface area contributed by atoms with Crippen LogP contribution in [0.2, 0.25) is 0 Å². The van der Waals surface area contributed by atoms with Crippen molar-refractivity contribution in [1.82, 2.24) is 19.6 Å². The number of amides is 1. The number of nitrogens with one attached hydrogen (secondary N) is 1. The third-order valence-corrected chi connectivity index (χ3v) is 4.65. The molecule has 3 aromatic rings. The zero-order valence-electron chi connectivity index (χ0n) is 14.6. The lowest BCUT2D eigenvalue weighted by atomic mass is 10.2. The highest BCUT2D eigenvalue weighted by molar-refractivity contribution is 7.99. The molecule has 130 valence electrons. The summed E-state index contributed by atoms with van der Waals surface area (Å²) in [6, 6.07) is 9.86. The van der Waals surface area contributed by atoms with Crippen molar-refractivity contribution >= 4 is 29.1 Å². The maximum Gasteiger partial charge on any atom is 0.253 e. The number of anilines is 1. The molecule has 0 unspecified atom stereocenters. The zero-order chi connectivity index (χ0) is 17.8. The minimum atomic E-state index is -0.0385. The Balaban J connectivity index is 1.81. The van der Waals surface area contributed by atoms with E-state index >= 15 is 0 Å². The van der Waals surface area contributed by atoms with E-state index < -0.39 is 0 Å². The Morgan fingerprint density at radius 2 is 2.04 bits per heavy atom. The van der Waals surface area contributed by atoms with Crippen molar-refractivity contribution in [3.8, 4) is 0 Å². The minimum Gasteiger partial charge on any atom is -0.326 e. The summed E-state index contributed by atoms with van der Waals surface area (Å²) in [5.41, 5.74) is 1.82. The van der Waals surface area contributed by atoms with Crippen LogP contribution in [0.5, 0.6) is 0 Å². The van der Waals surface area contributed by atoms with Crippen LogP contribution in [0.4, 0.5) is 5.69 Å². The van der Waals surface area contributed by atoms with Crippen LogP contribution in [0.25, 0.3) is 5.78 Å². The molecule has 0 aliphatic carbocycles. The van der Waals surface area contributed by atoms with Gasteiger partial charge in [-0.15, -0.1) is 0 Å². The van der Waals surface area contributed by atoms with Crippen LogP contribution in [0, 0.1) is 5.92 Å². The van der Waals surface area contributed by atoms with Crippen molar-refractivity contribution in [3.05, 3.63) is 42.4 Å². The fraction of sp³-hybridized carbons (Fsp3) is 0.333. The molecule has 6 nitrogen and oxygen atoms in total. The molecule has 2 heterocycles. The summed E-state index contributed by atoms with van der Waals surface area (Å²) < 4.78 is 1.75. The summed E-state index contributed by atoms with van der Waals surface area (Å²) in [7, 11) is 0. The van der Waals surface area contributed by atoms with Crippen molar-refractivity contribution in [3.63, 3.8) is 0 Å². The van der Waals surface area contributed by atoms with Crippen molar-refractivity contribution in [2.45, 2.75) is 43.5 Å². The molecule has 3 rings (SSSR count). The number of benzene rings is 1. The maximum atomic E-state index is 11.8.